The number of nitrogens with zero attached hydrogens (tertiary/aromatic N) is 1. The second-order valence-corrected chi connectivity index (χ2v) is 5.25. The number of fused-ring (bicyclic) bond motifs is 1. The van der Waals surface area contributed by atoms with Crippen molar-refractivity contribution in [1.82, 2.24) is 4.98 Å². The summed E-state index contributed by atoms with van der Waals surface area (Å²) in [6.07, 6.45) is 0.124. The zero-order valence-corrected chi connectivity index (χ0v) is 12.3. The number of hydrogen-bond donors (Lipinski definition) is 1. The normalized spacial score (nSPS) is 10.6. The summed E-state index contributed by atoms with van der Waals surface area (Å²) in [4.78, 5) is 16.4. The van der Waals surface area contributed by atoms with Crippen molar-refractivity contribution in [2.45, 2.75) is 6.42 Å². The number of anilines is 1. The molecule has 1 N–H and O–H groups in total. The number of para-hydroxylation sites is 1. The minimum absolute atomic E-state index is 0.124. The second-order valence-electron chi connectivity index (χ2n) is 4.85. The van der Waals surface area contributed by atoms with Crippen LogP contribution in [0, 0.1) is 5.82 Å². The molecular weight excluding hydrogens is 303 g/mol. The Bertz CT molecular complexity index is 834. The molecule has 5 heteroatoms. The molecular formula is C17H12ClFN2O. The molecule has 22 heavy (non-hydrogen) atoms. The first-order valence-corrected chi connectivity index (χ1v) is 7.09. The third kappa shape index (κ3) is 3.23. The van der Waals surface area contributed by atoms with E-state index in [-0.39, 0.29) is 18.1 Å². The number of carbonyl (C=O) groups excluding carboxylic acids is 1. The number of pyridine rings is 1. The Hall–Kier alpha value is -2.46. The van der Waals surface area contributed by atoms with E-state index in [4.69, 9.17) is 11.6 Å². The monoisotopic (exact) mass is 314 g/mol. The van der Waals surface area contributed by atoms with Gasteiger partial charge >= 0.3 is 0 Å². The van der Waals surface area contributed by atoms with Crippen molar-refractivity contribution >= 4 is 34.1 Å². The smallest absolute Gasteiger partial charge is 0.230 e. The van der Waals surface area contributed by atoms with E-state index in [2.05, 4.69) is 10.3 Å². The van der Waals surface area contributed by atoms with E-state index in [0.717, 1.165) is 5.39 Å². The average Bonchev–Trinajstić information content (AvgIpc) is 2.50. The molecule has 0 bridgehead atoms. The van der Waals surface area contributed by atoms with E-state index in [1.54, 1.807) is 12.1 Å². The van der Waals surface area contributed by atoms with Gasteiger partial charge in [0.25, 0.3) is 0 Å². The van der Waals surface area contributed by atoms with Crippen LogP contribution >= 0.6 is 11.6 Å². The van der Waals surface area contributed by atoms with E-state index in [1.807, 2.05) is 18.2 Å². The highest BCUT2D eigenvalue weighted by atomic mass is 35.5. The highest BCUT2D eigenvalue weighted by molar-refractivity contribution is 6.35. The Morgan fingerprint density at radius 1 is 1.09 bits per heavy atom. The summed E-state index contributed by atoms with van der Waals surface area (Å²) >= 11 is 6.11. The topological polar surface area (TPSA) is 42.0 Å². The van der Waals surface area contributed by atoms with Crippen LogP contribution in [0.3, 0.4) is 0 Å². The molecule has 0 aliphatic heterocycles. The van der Waals surface area contributed by atoms with E-state index < -0.39 is 0 Å². The van der Waals surface area contributed by atoms with Crippen LogP contribution < -0.4 is 5.32 Å². The fourth-order valence-electron chi connectivity index (χ4n) is 2.15. The quantitative estimate of drug-likeness (QED) is 0.787. The van der Waals surface area contributed by atoms with Crippen molar-refractivity contribution in [1.29, 1.82) is 0 Å². The van der Waals surface area contributed by atoms with Crippen LogP contribution in [0.1, 0.15) is 5.69 Å². The summed E-state index contributed by atoms with van der Waals surface area (Å²) in [7, 11) is 0. The maximum absolute atomic E-state index is 12.8. The van der Waals surface area contributed by atoms with Crippen LogP contribution in [0.5, 0.6) is 0 Å². The number of benzene rings is 2. The van der Waals surface area contributed by atoms with Crippen molar-refractivity contribution in [3.05, 3.63) is 71.1 Å². The number of amides is 1. The van der Waals surface area contributed by atoms with Crippen LogP contribution in [0.4, 0.5) is 10.1 Å². The van der Waals surface area contributed by atoms with E-state index >= 15 is 0 Å². The van der Waals surface area contributed by atoms with Crippen LogP contribution in [-0.4, -0.2) is 10.9 Å². The van der Waals surface area contributed by atoms with Gasteiger partial charge in [0.1, 0.15) is 5.82 Å². The lowest BCUT2D eigenvalue weighted by Crippen LogP contribution is -2.15. The third-order valence-corrected chi connectivity index (χ3v) is 3.50. The minimum atomic E-state index is -0.344. The maximum Gasteiger partial charge on any atom is 0.230 e. The first kappa shape index (κ1) is 14.5. The average molecular weight is 315 g/mol. The molecule has 0 aliphatic carbocycles. The van der Waals surface area contributed by atoms with Crippen molar-refractivity contribution < 1.29 is 9.18 Å². The lowest BCUT2D eigenvalue weighted by Gasteiger charge is -2.06. The molecule has 0 radical (unpaired) electrons. The molecule has 3 aromatic rings. The highest BCUT2D eigenvalue weighted by Crippen LogP contribution is 2.21. The van der Waals surface area contributed by atoms with Gasteiger partial charge in [0.2, 0.25) is 5.91 Å². The molecule has 0 saturated heterocycles. The number of rotatable bonds is 3. The van der Waals surface area contributed by atoms with Gasteiger partial charge in [-0.25, -0.2) is 4.39 Å². The van der Waals surface area contributed by atoms with Crippen molar-refractivity contribution in [2.75, 3.05) is 5.32 Å². The molecule has 1 aromatic heterocycles. The summed E-state index contributed by atoms with van der Waals surface area (Å²) in [6.45, 7) is 0. The zero-order chi connectivity index (χ0) is 15.5. The molecule has 3 nitrogen and oxygen atoms in total. The summed E-state index contributed by atoms with van der Waals surface area (Å²) in [5.74, 6) is -0.561. The summed E-state index contributed by atoms with van der Waals surface area (Å²) in [5, 5.41) is 4.18. The predicted octanol–water partition coefficient (Wildman–Crippen LogP) is 4.21. The summed E-state index contributed by atoms with van der Waals surface area (Å²) in [5.41, 5.74) is 1.85. The lowest BCUT2D eigenvalue weighted by molar-refractivity contribution is -0.115. The van der Waals surface area contributed by atoms with Gasteiger partial charge in [-0.1, -0.05) is 29.8 Å². The number of aromatic nitrogens is 1. The van der Waals surface area contributed by atoms with Gasteiger partial charge in [0.05, 0.1) is 22.7 Å². The second kappa shape index (κ2) is 6.12. The van der Waals surface area contributed by atoms with Crippen molar-refractivity contribution in [3.63, 3.8) is 0 Å². The zero-order valence-electron chi connectivity index (χ0n) is 11.5. The fraction of sp³-hybridized carbons (Fsp3) is 0.0588. The Labute approximate surface area is 131 Å². The van der Waals surface area contributed by atoms with Crippen molar-refractivity contribution in [2.24, 2.45) is 0 Å². The van der Waals surface area contributed by atoms with Gasteiger partial charge in [-0.2, -0.15) is 0 Å². The molecule has 0 atom stereocenters. The third-order valence-electron chi connectivity index (χ3n) is 3.20. The number of halogens is 2. The molecule has 1 amide bonds. The first-order valence-electron chi connectivity index (χ1n) is 6.71. The number of carbonyl (C=O) groups is 1. The lowest BCUT2D eigenvalue weighted by atomic mass is 10.1. The molecule has 0 fully saturated rings. The maximum atomic E-state index is 12.8. The van der Waals surface area contributed by atoms with E-state index in [1.165, 1.54) is 24.3 Å². The molecule has 3 rings (SSSR count). The van der Waals surface area contributed by atoms with Crippen LogP contribution in [0.25, 0.3) is 10.9 Å². The Kier molecular flexibility index (Phi) is 4.02. The van der Waals surface area contributed by atoms with Gasteiger partial charge in [0, 0.05) is 11.1 Å². The summed E-state index contributed by atoms with van der Waals surface area (Å²) < 4.78 is 12.8. The van der Waals surface area contributed by atoms with Gasteiger partial charge in [-0.3, -0.25) is 9.78 Å². The van der Waals surface area contributed by atoms with E-state index in [9.17, 15) is 9.18 Å². The molecule has 2 aromatic carbocycles. The van der Waals surface area contributed by atoms with Crippen molar-refractivity contribution in [3.8, 4) is 0 Å². The largest absolute Gasteiger partial charge is 0.326 e. The van der Waals surface area contributed by atoms with Gasteiger partial charge in [-0.15, -0.1) is 0 Å². The standard InChI is InChI=1S/C17H12ClFN2O/c18-15-3-1-2-11-4-7-14(21-17(11)15)10-16(22)20-13-8-5-12(19)6-9-13/h1-9H,10H2,(H,20,22). The number of nitrogens with one attached hydrogen (secondary N) is 1. The van der Waals surface area contributed by atoms with Crippen LogP contribution in [0.2, 0.25) is 5.02 Å². The molecule has 0 spiro atoms. The fourth-order valence-corrected chi connectivity index (χ4v) is 2.38. The van der Waals surface area contributed by atoms with Crippen LogP contribution in [0.15, 0.2) is 54.6 Å². The Morgan fingerprint density at radius 3 is 2.64 bits per heavy atom. The van der Waals surface area contributed by atoms with Crippen LogP contribution in [-0.2, 0) is 11.2 Å². The molecule has 0 aliphatic rings. The van der Waals surface area contributed by atoms with E-state index in [0.29, 0.717) is 21.9 Å². The number of hydrogen-bond acceptors (Lipinski definition) is 2. The minimum Gasteiger partial charge on any atom is -0.326 e. The first-order chi connectivity index (χ1) is 10.6. The Morgan fingerprint density at radius 2 is 1.86 bits per heavy atom. The summed E-state index contributed by atoms with van der Waals surface area (Å²) in [6, 6.07) is 14.8. The molecule has 110 valence electrons. The Balaban J connectivity index is 1.76. The van der Waals surface area contributed by atoms with Gasteiger partial charge in [0.15, 0.2) is 0 Å². The van der Waals surface area contributed by atoms with Gasteiger partial charge < -0.3 is 5.32 Å². The van der Waals surface area contributed by atoms with Gasteiger partial charge in [-0.05, 0) is 36.4 Å². The predicted molar refractivity (Wildman–Crippen MR) is 85.5 cm³/mol. The molecule has 0 saturated carbocycles. The molecule has 1 heterocycles. The molecule has 0 unspecified atom stereocenters. The SMILES string of the molecule is O=C(Cc1ccc2cccc(Cl)c2n1)Nc1ccc(F)cc1. The highest BCUT2D eigenvalue weighted by Gasteiger charge is 2.07.